The average molecular weight is 493 g/mol. The van der Waals surface area contributed by atoms with E-state index in [0.717, 1.165) is 59.7 Å². The summed E-state index contributed by atoms with van der Waals surface area (Å²) in [5.74, 6) is 1.05. The smallest absolute Gasteiger partial charge is 0.165 e. The highest BCUT2D eigenvalue weighted by atomic mass is 32.1. The number of anilines is 1. The molecule has 0 saturated carbocycles. The third kappa shape index (κ3) is 3.81. The minimum absolute atomic E-state index is 0.298. The first-order valence-corrected chi connectivity index (χ1v) is 13.3. The van der Waals surface area contributed by atoms with Crippen LogP contribution in [-0.2, 0) is 11.3 Å². The molecule has 2 N–H and O–H groups in total. The van der Waals surface area contributed by atoms with Crippen LogP contribution in [-0.4, -0.2) is 72.3 Å². The van der Waals surface area contributed by atoms with Gasteiger partial charge >= 0.3 is 0 Å². The fourth-order valence-electron chi connectivity index (χ4n) is 5.99. The van der Waals surface area contributed by atoms with E-state index in [0.29, 0.717) is 30.0 Å². The van der Waals surface area contributed by atoms with Gasteiger partial charge in [0.1, 0.15) is 5.82 Å². The van der Waals surface area contributed by atoms with E-state index in [9.17, 15) is 0 Å². The number of likely N-dealkylation sites (tertiary alicyclic amines) is 1. The second kappa shape index (κ2) is 8.51. The Labute approximate surface area is 207 Å². The molecule has 7 nitrogen and oxygen atoms in total. The van der Waals surface area contributed by atoms with Crippen LogP contribution in [0.1, 0.15) is 17.7 Å². The Morgan fingerprint density at radius 3 is 2.74 bits per heavy atom. The molecule has 6 heterocycles. The van der Waals surface area contributed by atoms with Crippen LogP contribution in [0.5, 0.6) is 0 Å². The second-order valence-corrected chi connectivity index (χ2v) is 11.3. The zero-order valence-corrected chi connectivity index (χ0v) is 20.5. The molecule has 0 unspecified atom stereocenters. The van der Waals surface area contributed by atoms with Crippen LogP contribution >= 0.6 is 11.3 Å². The van der Waals surface area contributed by atoms with Crippen LogP contribution in [0.2, 0.25) is 0 Å². The maximum Gasteiger partial charge on any atom is 0.165 e. The van der Waals surface area contributed by atoms with Crippen molar-refractivity contribution >= 4 is 38.3 Å². The van der Waals surface area contributed by atoms with Gasteiger partial charge in [-0.05, 0) is 55.6 Å². The Hall–Kier alpha value is -2.59. The molecule has 7 rings (SSSR count). The number of hydrogen-bond acceptors (Lipinski definition) is 7. The largest absolute Gasteiger partial charge is 0.378 e. The standard InChI is InChI=1S/C26H29FN6OS/c27-19-1-2-20-18(3-6-29-20)22(19)24-30-21-13-17(14-32-15-26(16-32)4-7-28-8-5-26)35-23(21)25(31-24)33-9-11-34-12-10-33/h1-3,6,13,28-29H,4-5,7-12,14-16H2. The molecule has 0 atom stereocenters. The number of nitrogens with zero attached hydrogens (tertiary/aromatic N) is 4. The summed E-state index contributed by atoms with van der Waals surface area (Å²) < 4.78 is 21.8. The third-order valence-electron chi connectivity index (χ3n) is 7.78. The summed E-state index contributed by atoms with van der Waals surface area (Å²) in [7, 11) is 0. The first-order chi connectivity index (χ1) is 17.2. The molecule has 3 fully saturated rings. The van der Waals surface area contributed by atoms with Gasteiger partial charge in [0.05, 0.1) is 29.0 Å². The maximum absolute atomic E-state index is 15.1. The van der Waals surface area contributed by atoms with Crippen molar-refractivity contribution in [1.82, 2.24) is 25.2 Å². The fraction of sp³-hybridized carbons (Fsp3) is 0.462. The zero-order valence-electron chi connectivity index (χ0n) is 19.6. The maximum atomic E-state index is 15.1. The molecule has 1 aromatic carbocycles. The lowest BCUT2D eigenvalue weighted by Crippen LogP contribution is -2.59. The van der Waals surface area contributed by atoms with Crippen LogP contribution in [0.25, 0.3) is 32.5 Å². The molecular weight excluding hydrogens is 463 g/mol. The van der Waals surface area contributed by atoms with Crippen LogP contribution in [0, 0.1) is 11.2 Å². The molecule has 0 bridgehead atoms. The van der Waals surface area contributed by atoms with Gasteiger partial charge in [-0.25, -0.2) is 14.4 Å². The number of aromatic nitrogens is 3. The van der Waals surface area contributed by atoms with Gasteiger partial charge < -0.3 is 19.9 Å². The molecular formula is C26H29FN6OS. The lowest BCUT2D eigenvalue weighted by atomic mass is 9.72. The number of fused-ring (bicyclic) bond motifs is 2. The fourth-order valence-corrected chi connectivity index (χ4v) is 7.14. The molecule has 3 aliphatic heterocycles. The number of ether oxygens (including phenoxy) is 1. The summed E-state index contributed by atoms with van der Waals surface area (Å²) >= 11 is 1.78. The Morgan fingerprint density at radius 2 is 1.91 bits per heavy atom. The van der Waals surface area contributed by atoms with Crippen molar-refractivity contribution < 1.29 is 9.13 Å². The number of halogens is 1. The topological polar surface area (TPSA) is 69.3 Å². The highest BCUT2D eigenvalue weighted by Gasteiger charge is 2.43. The van der Waals surface area contributed by atoms with Gasteiger partial charge in [0.25, 0.3) is 0 Å². The Morgan fingerprint density at radius 1 is 1.09 bits per heavy atom. The molecule has 1 spiro atoms. The Balaban J connectivity index is 1.27. The number of aromatic amines is 1. The molecule has 3 aromatic heterocycles. The second-order valence-electron chi connectivity index (χ2n) is 10.2. The molecule has 3 aliphatic rings. The molecule has 0 aliphatic carbocycles. The van der Waals surface area contributed by atoms with Crippen molar-refractivity contribution in [2.24, 2.45) is 5.41 Å². The minimum atomic E-state index is -0.298. The number of hydrogen-bond donors (Lipinski definition) is 2. The van der Waals surface area contributed by atoms with E-state index in [2.05, 4.69) is 26.2 Å². The number of piperidine rings is 1. The predicted molar refractivity (Wildman–Crippen MR) is 138 cm³/mol. The Bertz CT molecular complexity index is 1380. The SMILES string of the molecule is Fc1ccc2[nH]ccc2c1-c1nc(N2CCOCC2)c2sc(CN3CC4(CCNCC4)C3)cc2n1. The van der Waals surface area contributed by atoms with Gasteiger partial charge in [0, 0.05) is 54.7 Å². The van der Waals surface area contributed by atoms with Crippen LogP contribution in [0.3, 0.4) is 0 Å². The van der Waals surface area contributed by atoms with Crippen molar-refractivity contribution in [2.75, 3.05) is 57.4 Å². The highest BCUT2D eigenvalue weighted by Crippen LogP contribution is 2.41. The summed E-state index contributed by atoms with van der Waals surface area (Å²) in [5.41, 5.74) is 2.76. The van der Waals surface area contributed by atoms with Gasteiger partial charge in [-0.2, -0.15) is 0 Å². The third-order valence-corrected chi connectivity index (χ3v) is 8.89. The van der Waals surface area contributed by atoms with Crippen LogP contribution in [0.4, 0.5) is 10.2 Å². The molecule has 9 heteroatoms. The van der Waals surface area contributed by atoms with Gasteiger partial charge in [-0.3, -0.25) is 4.90 Å². The van der Waals surface area contributed by atoms with Gasteiger partial charge in [-0.15, -0.1) is 11.3 Å². The van der Waals surface area contributed by atoms with Crippen molar-refractivity contribution in [3.8, 4) is 11.4 Å². The molecule has 0 radical (unpaired) electrons. The minimum Gasteiger partial charge on any atom is -0.378 e. The summed E-state index contributed by atoms with van der Waals surface area (Å²) in [6.07, 6.45) is 4.39. The molecule has 4 aromatic rings. The van der Waals surface area contributed by atoms with E-state index in [4.69, 9.17) is 14.7 Å². The van der Waals surface area contributed by atoms with E-state index in [1.807, 2.05) is 12.3 Å². The number of rotatable bonds is 4. The number of benzene rings is 1. The predicted octanol–water partition coefficient (Wildman–Crippen LogP) is 4.00. The summed E-state index contributed by atoms with van der Waals surface area (Å²) in [4.78, 5) is 19.2. The van der Waals surface area contributed by atoms with E-state index in [1.54, 1.807) is 17.4 Å². The number of morpholine rings is 1. The average Bonchev–Trinajstić information content (AvgIpc) is 3.50. The van der Waals surface area contributed by atoms with Crippen molar-refractivity contribution in [3.63, 3.8) is 0 Å². The monoisotopic (exact) mass is 492 g/mol. The van der Waals surface area contributed by atoms with Crippen molar-refractivity contribution in [1.29, 1.82) is 0 Å². The highest BCUT2D eigenvalue weighted by molar-refractivity contribution is 7.19. The van der Waals surface area contributed by atoms with E-state index in [-0.39, 0.29) is 5.82 Å². The van der Waals surface area contributed by atoms with E-state index in [1.165, 1.54) is 36.9 Å². The van der Waals surface area contributed by atoms with E-state index < -0.39 is 0 Å². The number of H-pyrrole nitrogens is 1. The first kappa shape index (κ1) is 21.7. The van der Waals surface area contributed by atoms with Crippen LogP contribution < -0.4 is 10.2 Å². The van der Waals surface area contributed by atoms with Crippen molar-refractivity contribution in [2.45, 2.75) is 19.4 Å². The normalized spacial score (nSPS) is 20.7. The van der Waals surface area contributed by atoms with Crippen LogP contribution in [0.15, 0.2) is 30.5 Å². The Kier molecular flexibility index (Phi) is 5.27. The lowest BCUT2D eigenvalue weighted by Gasteiger charge is -2.52. The summed E-state index contributed by atoms with van der Waals surface area (Å²) in [6.45, 7) is 8.47. The summed E-state index contributed by atoms with van der Waals surface area (Å²) in [6, 6.07) is 7.35. The summed E-state index contributed by atoms with van der Waals surface area (Å²) in [5, 5.41) is 4.29. The van der Waals surface area contributed by atoms with Gasteiger partial charge in [-0.1, -0.05) is 0 Å². The first-order valence-electron chi connectivity index (χ1n) is 12.5. The quantitative estimate of drug-likeness (QED) is 0.449. The zero-order chi connectivity index (χ0) is 23.4. The number of nitrogens with one attached hydrogen (secondary N) is 2. The molecule has 182 valence electrons. The van der Waals surface area contributed by atoms with E-state index >= 15 is 4.39 Å². The molecule has 35 heavy (non-hydrogen) atoms. The van der Waals surface area contributed by atoms with Gasteiger partial charge in [0.2, 0.25) is 0 Å². The number of thiophene rings is 1. The van der Waals surface area contributed by atoms with Crippen molar-refractivity contribution in [3.05, 3.63) is 41.2 Å². The molecule has 0 amide bonds. The molecule has 3 saturated heterocycles. The van der Waals surface area contributed by atoms with Gasteiger partial charge in [0.15, 0.2) is 11.6 Å². The lowest BCUT2D eigenvalue weighted by molar-refractivity contribution is -0.0276.